The smallest absolute Gasteiger partial charge is 0.225 e. The molecule has 9 heterocycles. The second kappa shape index (κ2) is 31.8. The number of aromatic nitrogens is 10. The maximum atomic E-state index is 5.67. The summed E-state index contributed by atoms with van der Waals surface area (Å²) in [7, 11) is 3.64. The second-order valence-electron chi connectivity index (χ2n) is 28.5. The summed E-state index contributed by atoms with van der Waals surface area (Å²) < 4.78 is 15.6. The largest absolute Gasteiger partial charge is 0.425 e. The molecular formula is C86H86Br5N13O2. The lowest BCUT2D eigenvalue weighted by molar-refractivity contribution is 0.212. The van der Waals surface area contributed by atoms with Crippen LogP contribution < -0.4 is 10.7 Å². The number of aromatic amines is 6. The zero-order valence-corrected chi connectivity index (χ0v) is 67.7. The highest BCUT2D eigenvalue weighted by molar-refractivity contribution is 9.11. The molecule has 15 aromatic rings. The quantitative estimate of drug-likeness (QED) is 0.0765. The van der Waals surface area contributed by atoms with Crippen molar-refractivity contribution in [1.29, 1.82) is 0 Å². The molecule has 0 radical (unpaired) electrons. The molecule has 0 spiro atoms. The first-order valence-corrected chi connectivity index (χ1v) is 41.2. The van der Waals surface area contributed by atoms with Gasteiger partial charge < -0.3 is 54.5 Å². The molecule has 21 rings (SSSR count). The average Bonchev–Trinajstić information content (AvgIpc) is 1.60. The molecule has 6 aliphatic rings. The van der Waals surface area contributed by atoms with Crippen molar-refractivity contribution < 1.29 is 9.25 Å². The number of halogens is 5. The molecule has 0 amide bonds. The van der Waals surface area contributed by atoms with Crippen molar-refractivity contribution in [3.05, 3.63) is 273 Å². The van der Waals surface area contributed by atoms with Crippen LogP contribution >= 0.6 is 79.6 Å². The van der Waals surface area contributed by atoms with Gasteiger partial charge >= 0.3 is 0 Å². The van der Waals surface area contributed by atoms with E-state index in [1.54, 1.807) is 7.11 Å². The van der Waals surface area contributed by atoms with Gasteiger partial charge in [0.2, 0.25) is 11.8 Å². The maximum Gasteiger partial charge on any atom is 0.225 e. The molecule has 9 aromatic heterocycles. The Bertz CT molecular complexity index is 5680. The highest BCUT2D eigenvalue weighted by Crippen LogP contribution is 2.44. The third-order valence-electron chi connectivity index (χ3n) is 22.1. The first-order valence-electron chi connectivity index (χ1n) is 37.2. The van der Waals surface area contributed by atoms with E-state index in [4.69, 9.17) is 9.25 Å². The number of fused-ring (bicyclic) bond motifs is 18. The first kappa shape index (κ1) is 71.9. The third kappa shape index (κ3) is 14.4. The van der Waals surface area contributed by atoms with Crippen LogP contribution in [0.15, 0.2) is 203 Å². The van der Waals surface area contributed by atoms with Gasteiger partial charge in [0.25, 0.3) is 0 Å². The second-order valence-corrected chi connectivity index (χ2v) is 32.8. The van der Waals surface area contributed by atoms with Crippen LogP contribution in [0.25, 0.3) is 71.0 Å². The number of hydrogen-bond acceptors (Lipinski definition) is 7. The minimum Gasteiger partial charge on any atom is -0.425 e. The molecule has 6 aromatic carbocycles. The minimum atomic E-state index is 0.174. The summed E-state index contributed by atoms with van der Waals surface area (Å²) in [5.74, 6) is 1.51. The van der Waals surface area contributed by atoms with E-state index in [1.165, 1.54) is 192 Å². The molecule has 6 aliphatic carbocycles. The predicted molar refractivity (Wildman–Crippen MR) is 450 cm³/mol. The van der Waals surface area contributed by atoms with Crippen LogP contribution in [0.3, 0.4) is 0 Å². The maximum absolute atomic E-state index is 5.67. The fourth-order valence-electron chi connectivity index (χ4n) is 17.2. The molecule has 4 unspecified atom stereocenters. The molecule has 0 aliphatic heterocycles. The van der Waals surface area contributed by atoms with E-state index in [-0.39, 0.29) is 5.92 Å². The summed E-state index contributed by atoms with van der Waals surface area (Å²) in [6.07, 6.45) is 29.5. The van der Waals surface area contributed by atoms with Crippen molar-refractivity contribution in [2.24, 2.45) is 5.16 Å². The fraction of sp³-hybridized carbons (Fsp3) is 0.291. The lowest BCUT2D eigenvalue weighted by atomic mass is 9.87. The molecular weight excluding hydrogens is 1650 g/mol. The summed E-state index contributed by atoms with van der Waals surface area (Å²) >= 11 is 18.0. The lowest BCUT2D eigenvalue weighted by Gasteiger charge is -2.25. The van der Waals surface area contributed by atoms with Crippen LogP contribution in [0.5, 0.6) is 0 Å². The molecule has 0 fully saturated rings. The molecule has 542 valence electrons. The van der Waals surface area contributed by atoms with E-state index in [2.05, 4.69) is 299 Å². The van der Waals surface area contributed by atoms with Crippen molar-refractivity contribution in [1.82, 2.24) is 54.7 Å². The van der Waals surface area contributed by atoms with Crippen molar-refractivity contribution in [2.75, 3.05) is 19.6 Å². The SMILES string of the molecule is C=C1CCCc2c1[nH]c1c(Br)cccc21.CNC1CCCc2c1[nH]c1c(Br)cccc21.CO/N=C1\CCCc2c1[nH]c1c(Br)cccc21.Cc1nnc(C2CCCc3c2[nH]c2c(Br)cc(Br)cc32)o1.c1ccc2c3c([nH]c2c1)C(Nn1cccc1)CCC3.c1ccc2c3c([nH]c2c1)C(n1cccc1)CCC3. The normalized spacial score (nSPS) is 18.2. The van der Waals surface area contributed by atoms with Crippen LogP contribution in [0.4, 0.5) is 0 Å². The molecule has 4 atom stereocenters. The Morgan fingerprint density at radius 2 is 0.972 bits per heavy atom. The number of H-pyrrole nitrogens is 6. The topological polar surface area (TPSA) is 189 Å². The average molecular weight is 1730 g/mol. The fourth-order valence-corrected chi connectivity index (χ4v) is 19.9. The van der Waals surface area contributed by atoms with Gasteiger partial charge in [0.1, 0.15) is 12.8 Å². The standard InChI is InChI=1S/C16H17N3.C16H16N2.C15H13Br2N3O.C13H13BrN2O.C13H15BrN2.C13H12BrN/c1-2-8-14-12(6-1)13-7-5-9-15(16(13)17-14)18-19-10-3-4-11-19;1-2-8-14-12(6-1)13-7-5-9-15(16(13)17-14)18-10-3-4-11-18;1-7-19-20-15(21-7)10-4-2-3-9-11-5-8(16)6-12(17)14(11)18-13(9)10;1-17-16-11-7-3-5-9-8-4-2-6-10(14)12(8)15-13(9)11;1-15-11-7-3-5-9-8-4-2-6-10(14)12(8)16-13(9)11;1-8-4-2-5-9-10-6-3-7-11(14)13(10)15-12(8)9/h1-4,6,8,10-11,15,17-18H,5,7,9H2;1-4,6,8,10-11,15,17H,5,7,9H2;5-6,10,18H,2-4H2,1H3;2,4,6,15H,3,5,7H2,1H3;2,4,6,11,15-16H,3,5,7H2,1H3;3,6-7,15H,1-2,4-5H2/b;;;16-11+;;. The Morgan fingerprint density at radius 3 is 1.61 bits per heavy atom. The Morgan fingerprint density at radius 1 is 0.472 bits per heavy atom. The summed E-state index contributed by atoms with van der Waals surface area (Å²) in [6.45, 7) is 5.97. The number of aryl methyl sites for hydroxylation is 7. The summed E-state index contributed by atoms with van der Waals surface area (Å²) in [5.41, 5.74) is 29.6. The van der Waals surface area contributed by atoms with Gasteiger partial charge in [-0.05, 0) is 292 Å². The van der Waals surface area contributed by atoms with Crippen LogP contribution in [0.1, 0.15) is 180 Å². The number of rotatable bonds is 6. The highest BCUT2D eigenvalue weighted by Gasteiger charge is 2.32. The Balaban J connectivity index is 0.0000000978. The van der Waals surface area contributed by atoms with Crippen molar-refractivity contribution in [2.45, 2.75) is 147 Å². The monoisotopic (exact) mass is 1730 g/mol. The van der Waals surface area contributed by atoms with Crippen LogP contribution in [-0.2, 0) is 43.4 Å². The van der Waals surface area contributed by atoms with E-state index < -0.39 is 0 Å². The number of oxime groups is 1. The Kier molecular flexibility index (Phi) is 21.6. The summed E-state index contributed by atoms with van der Waals surface area (Å²) in [4.78, 5) is 26.3. The van der Waals surface area contributed by atoms with E-state index in [1.807, 2.05) is 30.8 Å². The predicted octanol–water partition coefficient (Wildman–Crippen LogP) is 23.8. The first-order chi connectivity index (χ1) is 51.9. The van der Waals surface area contributed by atoms with E-state index in [9.17, 15) is 0 Å². The molecule has 20 heteroatoms. The van der Waals surface area contributed by atoms with Gasteiger partial charge in [0.15, 0.2) is 0 Å². The number of nitrogens with zero attached hydrogens (tertiary/aromatic N) is 5. The van der Waals surface area contributed by atoms with Crippen LogP contribution in [0.2, 0.25) is 0 Å². The van der Waals surface area contributed by atoms with Gasteiger partial charge in [0, 0.05) is 132 Å². The lowest BCUT2D eigenvalue weighted by Crippen LogP contribution is -2.23. The number of hydrogen-bond donors (Lipinski definition) is 8. The minimum absolute atomic E-state index is 0.174. The molecule has 0 saturated heterocycles. The molecule has 106 heavy (non-hydrogen) atoms. The molecule has 0 saturated carbocycles. The Labute approximate surface area is 658 Å². The van der Waals surface area contributed by atoms with Crippen LogP contribution in [-0.4, -0.2) is 69.2 Å². The molecule has 8 N–H and O–H groups in total. The van der Waals surface area contributed by atoms with Gasteiger partial charge in [-0.3, -0.25) is 4.68 Å². The molecule has 15 nitrogen and oxygen atoms in total. The zero-order chi connectivity index (χ0) is 72.5. The van der Waals surface area contributed by atoms with Gasteiger partial charge in [-0.15, -0.1) is 10.2 Å². The third-order valence-corrected chi connectivity index (χ3v) is 25.1. The van der Waals surface area contributed by atoms with E-state index >= 15 is 0 Å². The van der Waals surface area contributed by atoms with E-state index in [0.29, 0.717) is 24.0 Å². The van der Waals surface area contributed by atoms with Gasteiger partial charge in [-0.1, -0.05) is 100 Å². The van der Waals surface area contributed by atoms with Crippen molar-refractivity contribution in [3.8, 4) is 0 Å². The molecule has 0 bridgehead atoms. The van der Waals surface area contributed by atoms with Crippen molar-refractivity contribution >= 4 is 156 Å². The van der Waals surface area contributed by atoms with Crippen molar-refractivity contribution in [3.63, 3.8) is 0 Å². The van der Waals surface area contributed by atoms with E-state index in [0.717, 1.165) is 95.6 Å². The van der Waals surface area contributed by atoms with Gasteiger partial charge in [-0.25, -0.2) is 0 Å². The number of benzene rings is 6. The van der Waals surface area contributed by atoms with Crippen LogP contribution in [0, 0.1) is 6.92 Å². The highest BCUT2D eigenvalue weighted by atomic mass is 79.9. The van der Waals surface area contributed by atoms with Gasteiger partial charge in [-0.2, -0.15) is 0 Å². The zero-order valence-electron chi connectivity index (χ0n) is 59.8. The number of nitrogens with one attached hydrogen (secondary N) is 8. The summed E-state index contributed by atoms with van der Waals surface area (Å²) in [6, 6.07) is 50.2. The Hall–Kier alpha value is -8.37. The number of allylic oxidation sites excluding steroid dienone is 1. The summed E-state index contributed by atoms with van der Waals surface area (Å²) in [5, 5.41) is 23.8. The van der Waals surface area contributed by atoms with Gasteiger partial charge in [0.05, 0.1) is 45.8 Å². The number of para-hydroxylation sites is 5.